The topological polar surface area (TPSA) is 21.3 Å². The number of halogens is 1. The third-order valence-corrected chi connectivity index (χ3v) is 3.99. The van der Waals surface area contributed by atoms with Crippen molar-refractivity contribution in [3.05, 3.63) is 28.8 Å². The lowest BCUT2D eigenvalue weighted by Gasteiger charge is -2.18. The largest absolute Gasteiger partial charge is 0.493 e. The molecule has 0 bridgehead atoms. The van der Waals surface area contributed by atoms with Gasteiger partial charge in [0.15, 0.2) is 0 Å². The number of ether oxygens (including phenoxy) is 1. The minimum Gasteiger partial charge on any atom is -0.493 e. The van der Waals surface area contributed by atoms with E-state index in [4.69, 9.17) is 16.3 Å². The normalized spacial score (nSPS) is 20.9. The summed E-state index contributed by atoms with van der Waals surface area (Å²) in [6.07, 6.45) is 2.31. The van der Waals surface area contributed by atoms with Crippen molar-refractivity contribution in [3.8, 4) is 5.75 Å². The van der Waals surface area contributed by atoms with E-state index < -0.39 is 0 Å². The Morgan fingerprint density at radius 1 is 1.50 bits per heavy atom. The Bertz CT molecular complexity index is 388. The van der Waals surface area contributed by atoms with E-state index in [2.05, 4.69) is 19.2 Å². The molecule has 2 nitrogen and oxygen atoms in total. The highest BCUT2D eigenvalue weighted by Crippen LogP contribution is 2.31. The van der Waals surface area contributed by atoms with Crippen LogP contribution in [0.2, 0.25) is 5.02 Å². The van der Waals surface area contributed by atoms with Crippen molar-refractivity contribution >= 4 is 11.6 Å². The van der Waals surface area contributed by atoms with Crippen LogP contribution in [0.4, 0.5) is 0 Å². The van der Waals surface area contributed by atoms with E-state index in [0.717, 1.165) is 36.9 Å². The third kappa shape index (κ3) is 3.39. The quantitative estimate of drug-likeness (QED) is 0.875. The van der Waals surface area contributed by atoms with Gasteiger partial charge in [0.1, 0.15) is 5.75 Å². The Morgan fingerprint density at radius 2 is 2.33 bits per heavy atom. The second-order valence-electron chi connectivity index (χ2n) is 5.16. The van der Waals surface area contributed by atoms with Crippen molar-refractivity contribution in [2.24, 2.45) is 5.92 Å². The standard InChI is InChI=1S/C15H22ClNO/c1-3-11(2)14-8-13(16)4-5-15(14)18-10-12-6-7-17-9-12/h4-5,8,11-12,17H,3,6-7,9-10H2,1-2H3. The minimum atomic E-state index is 0.486. The van der Waals surface area contributed by atoms with Crippen molar-refractivity contribution in [3.63, 3.8) is 0 Å². The zero-order chi connectivity index (χ0) is 13.0. The lowest BCUT2D eigenvalue weighted by molar-refractivity contribution is 0.256. The summed E-state index contributed by atoms with van der Waals surface area (Å²) < 4.78 is 6.00. The molecule has 1 fully saturated rings. The van der Waals surface area contributed by atoms with Crippen LogP contribution in [-0.2, 0) is 0 Å². The van der Waals surface area contributed by atoms with Crippen LogP contribution in [0.1, 0.15) is 38.2 Å². The Hall–Kier alpha value is -0.730. The van der Waals surface area contributed by atoms with Crippen molar-refractivity contribution in [1.29, 1.82) is 0 Å². The Morgan fingerprint density at radius 3 is 3.00 bits per heavy atom. The number of nitrogens with one attached hydrogen (secondary N) is 1. The van der Waals surface area contributed by atoms with Gasteiger partial charge in [0.25, 0.3) is 0 Å². The summed E-state index contributed by atoms with van der Waals surface area (Å²) in [5, 5.41) is 4.16. The van der Waals surface area contributed by atoms with E-state index in [0.29, 0.717) is 11.8 Å². The van der Waals surface area contributed by atoms with Crippen LogP contribution in [-0.4, -0.2) is 19.7 Å². The first-order valence-electron chi connectivity index (χ1n) is 6.83. The van der Waals surface area contributed by atoms with Crippen LogP contribution in [0.15, 0.2) is 18.2 Å². The van der Waals surface area contributed by atoms with Crippen LogP contribution in [0.25, 0.3) is 0 Å². The van der Waals surface area contributed by atoms with Gasteiger partial charge in [0.05, 0.1) is 6.61 Å². The second-order valence-corrected chi connectivity index (χ2v) is 5.60. The summed E-state index contributed by atoms with van der Waals surface area (Å²) in [5.74, 6) is 2.13. The molecule has 1 heterocycles. The maximum atomic E-state index is 6.08. The molecule has 1 aromatic carbocycles. The van der Waals surface area contributed by atoms with Crippen LogP contribution >= 0.6 is 11.6 Å². The maximum Gasteiger partial charge on any atom is 0.122 e. The van der Waals surface area contributed by atoms with Crippen LogP contribution < -0.4 is 10.1 Å². The molecule has 0 aromatic heterocycles. The minimum absolute atomic E-state index is 0.486. The molecule has 1 aromatic rings. The van der Waals surface area contributed by atoms with Crippen LogP contribution in [0.5, 0.6) is 5.75 Å². The highest BCUT2D eigenvalue weighted by molar-refractivity contribution is 6.30. The molecular weight excluding hydrogens is 246 g/mol. The fourth-order valence-corrected chi connectivity index (χ4v) is 2.50. The summed E-state index contributed by atoms with van der Waals surface area (Å²) in [4.78, 5) is 0. The Balaban J connectivity index is 2.05. The van der Waals surface area contributed by atoms with Gasteiger partial charge in [-0.3, -0.25) is 0 Å². The van der Waals surface area contributed by atoms with E-state index in [1.807, 2.05) is 18.2 Å². The number of rotatable bonds is 5. The average molecular weight is 268 g/mol. The summed E-state index contributed by atoms with van der Waals surface area (Å²) in [5.41, 5.74) is 1.23. The molecule has 3 heteroatoms. The zero-order valence-electron chi connectivity index (χ0n) is 11.2. The fourth-order valence-electron chi connectivity index (χ4n) is 2.32. The predicted octanol–water partition coefficient (Wildman–Crippen LogP) is 3.84. The maximum absolute atomic E-state index is 6.08. The monoisotopic (exact) mass is 267 g/mol. The molecule has 2 rings (SSSR count). The highest BCUT2D eigenvalue weighted by Gasteiger charge is 2.17. The number of hydrogen-bond acceptors (Lipinski definition) is 2. The third-order valence-electron chi connectivity index (χ3n) is 3.75. The molecule has 18 heavy (non-hydrogen) atoms. The van der Waals surface area contributed by atoms with Crippen molar-refractivity contribution in [2.45, 2.75) is 32.6 Å². The molecule has 0 saturated carbocycles. The van der Waals surface area contributed by atoms with Gasteiger partial charge in [0, 0.05) is 17.5 Å². The molecule has 100 valence electrons. The van der Waals surface area contributed by atoms with E-state index in [1.165, 1.54) is 12.0 Å². The smallest absolute Gasteiger partial charge is 0.122 e. The van der Waals surface area contributed by atoms with Gasteiger partial charge in [-0.15, -0.1) is 0 Å². The van der Waals surface area contributed by atoms with Gasteiger partial charge >= 0.3 is 0 Å². The molecular formula is C15H22ClNO. The lowest BCUT2D eigenvalue weighted by Crippen LogP contribution is -2.16. The molecule has 0 aliphatic carbocycles. The predicted molar refractivity (Wildman–Crippen MR) is 76.6 cm³/mol. The Kier molecular flexibility index (Phi) is 4.90. The van der Waals surface area contributed by atoms with Crippen LogP contribution in [0, 0.1) is 5.92 Å². The molecule has 0 spiro atoms. The van der Waals surface area contributed by atoms with E-state index in [1.54, 1.807) is 0 Å². The average Bonchev–Trinajstić information content (AvgIpc) is 2.89. The molecule has 2 atom stereocenters. The lowest BCUT2D eigenvalue weighted by atomic mass is 9.98. The second kappa shape index (κ2) is 6.44. The fraction of sp³-hybridized carbons (Fsp3) is 0.600. The summed E-state index contributed by atoms with van der Waals surface area (Å²) in [6.45, 7) is 7.41. The molecule has 1 N–H and O–H groups in total. The van der Waals surface area contributed by atoms with E-state index in [-0.39, 0.29) is 0 Å². The van der Waals surface area contributed by atoms with Gasteiger partial charge in [0.2, 0.25) is 0 Å². The molecule has 0 amide bonds. The van der Waals surface area contributed by atoms with Crippen LogP contribution in [0.3, 0.4) is 0 Å². The van der Waals surface area contributed by atoms with Gasteiger partial charge < -0.3 is 10.1 Å². The highest BCUT2D eigenvalue weighted by atomic mass is 35.5. The first kappa shape index (κ1) is 13.7. The Labute approximate surface area is 115 Å². The first-order valence-corrected chi connectivity index (χ1v) is 7.21. The molecule has 1 saturated heterocycles. The van der Waals surface area contributed by atoms with Crippen molar-refractivity contribution < 1.29 is 4.74 Å². The van der Waals surface area contributed by atoms with Gasteiger partial charge in [-0.1, -0.05) is 25.4 Å². The molecule has 2 unspecified atom stereocenters. The number of benzene rings is 1. The molecule has 1 aliphatic heterocycles. The van der Waals surface area contributed by atoms with Gasteiger partial charge in [-0.25, -0.2) is 0 Å². The van der Waals surface area contributed by atoms with Gasteiger partial charge in [-0.2, -0.15) is 0 Å². The molecule has 0 radical (unpaired) electrons. The SMILES string of the molecule is CCC(C)c1cc(Cl)ccc1OCC1CCNC1. The van der Waals surface area contributed by atoms with E-state index in [9.17, 15) is 0 Å². The van der Waals surface area contributed by atoms with E-state index >= 15 is 0 Å². The zero-order valence-corrected chi connectivity index (χ0v) is 12.0. The first-order chi connectivity index (χ1) is 8.70. The van der Waals surface area contributed by atoms with Crippen molar-refractivity contribution in [2.75, 3.05) is 19.7 Å². The summed E-state index contributed by atoms with van der Waals surface area (Å²) in [6, 6.07) is 5.96. The summed E-state index contributed by atoms with van der Waals surface area (Å²) in [7, 11) is 0. The summed E-state index contributed by atoms with van der Waals surface area (Å²) >= 11 is 6.08. The van der Waals surface area contributed by atoms with Gasteiger partial charge in [-0.05, 0) is 49.1 Å². The molecule has 1 aliphatic rings. The number of hydrogen-bond donors (Lipinski definition) is 1. The van der Waals surface area contributed by atoms with Crippen molar-refractivity contribution in [1.82, 2.24) is 5.32 Å².